The van der Waals surface area contributed by atoms with Gasteiger partial charge in [-0.1, -0.05) is 45.0 Å². The summed E-state index contributed by atoms with van der Waals surface area (Å²) >= 11 is 0. The maximum absolute atomic E-state index is 12.7. The molecule has 1 aliphatic heterocycles. The Hall–Kier alpha value is -1.90. The number of rotatable bonds is 3. The van der Waals surface area contributed by atoms with Crippen molar-refractivity contribution in [3.05, 3.63) is 41.5 Å². The number of para-hydroxylation sites is 1. The summed E-state index contributed by atoms with van der Waals surface area (Å²) in [5.74, 6) is 0.0489. The van der Waals surface area contributed by atoms with Crippen LogP contribution in [-0.4, -0.2) is 24.7 Å². The first kappa shape index (κ1) is 18.9. The van der Waals surface area contributed by atoms with Crippen molar-refractivity contribution in [3.63, 3.8) is 0 Å². The lowest BCUT2D eigenvalue weighted by Gasteiger charge is -2.33. The molecule has 2 fully saturated rings. The van der Waals surface area contributed by atoms with Gasteiger partial charge in [0.1, 0.15) is 0 Å². The molecular formula is C23H31NO2. The number of piperidine rings is 1. The van der Waals surface area contributed by atoms with Crippen LogP contribution in [0.4, 0.5) is 5.69 Å². The maximum Gasteiger partial charge on any atom is 0.166 e. The minimum absolute atomic E-state index is 0.0138. The Bertz CT molecular complexity index is 685. The Kier molecular flexibility index (Phi) is 5.64. The highest BCUT2D eigenvalue weighted by Gasteiger charge is 2.33. The monoisotopic (exact) mass is 353 g/mol. The van der Waals surface area contributed by atoms with E-state index in [2.05, 4.69) is 43.9 Å². The average molecular weight is 354 g/mol. The van der Waals surface area contributed by atoms with Crippen LogP contribution in [0.3, 0.4) is 0 Å². The fraction of sp³-hybridized carbons (Fsp3) is 0.565. The van der Waals surface area contributed by atoms with E-state index >= 15 is 0 Å². The van der Waals surface area contributed by atoms with Crippen molar-refractivity contribution in [1.82, 2.24) is 0 Å². The van der Waals surface area contributed by atoms with Gasteiger partial charge in [0, 0.05) is 37.5 Å². The number of allylic oxidation sites excluding steroid dienone is 2. The van der Waals surface area contributed by atoms with Crippen molar-refractivity contribution >= 4 is 17.3 Å². The standard InChI is InChI=1S/C23H31NO2/c1-23(2,3)12-11-19-21(25)15-17(16-22(19)26)18-9-5-6-10-20(18)24-13-7-4-8-14-24/h5-6,9-11,17H,4,7-8,12-16H2,1-3H3. The van der Waals surface area contributed by atoms with E-state index in [9.17, 15) is 9.59 Å². The third-order valence-corrected chi connectivity index (χ3v) is 5.46. The zero-order chi connectivity index (χ0) is 18.7. The van der Waals surface area contributed by atoms with E-state index in [1.165, 1.54) is 30.5 Å². The van der Waals surface area contributed by atoms with Gasteiger partial charge in [0.2, 0.25) is 0 Å². The average Bonchev–Trinajstić information content (AvgIpc) is 2.60. The number of hydrogen-bond donors (Lipinski definition) is 0. The number of anilines is 1. The summed E-state index contributed by atoms with van der Waals surface area (Å²) in [6, 6.07) is 8.36. The summed E-state index contributed by atoms with van der Waals surface area (Å²) in [5.41, 5.74) is 2.92. The van der Waals surface area contributed by atoms with Gasteiger partial charge in [-0.25, -0.2) is 0 Å². The Labute approximate surface area is 157 Å². The van der Waals surface area contributed by atoms with E-state index < -0.39 is 0 Å². The number of carbonyl (C=O) groups excluding carboxylic acids is 2. The normalized spacial score (nSPS) is 21.9. The Morgan fingerprint density at radius 3 is 2.23 bits per heavy atom. The Balaban J connectivity index is 1.80. The van der Waals surface area contributed by atoms with Gasteiger partial charge in [-0.05, 0) is 42.7 Å². The second-order valence-corrected chi connectivity index (χ2v) is 8.94. The van der Waals surface area contributed by atoms with Gasteiger partial charge in [0.25, 0.3) is 0 Å². The van der Waals surface area contributed by atoms with E-state index in [0.29, 0.717) is 18.4 Å². The molecule has 1 saturated carbocycles. The molecule has 0 amide bonds. The fourth-order valence-electron chi connectivity index (χ4n) is 4.01. The van der Waals surface area contributed by atoms with Gasteiger partial charge < -0.3 is 4.90 Å². The minimum Gasteiger partial charge on any atom is -0.371 e. The molecular weight excluding hydrogens is 322 g/mol. The largest absolute Gasteiger partial charge is 0.371 e. The number of ketones is 2. The summed E-state index contributed by atoms with van der Waals surface area (Å²) in [5, 5.41) is 0. The third-order valence-electron chi connectivity index (χ3n) is 5.46. The molecule has 2 aliphatic rings. The number of carbonyl (C=O) groups is 2. The molecule has 0 bridgehead atoms. The zero-order valence-electron chi connectivity index (χ0n) is 16.4. The number of nitrogens with zero attached hydrogens (tertiary/aromatic N) is 1. The van der Waals surface area contributed by atoms with Crippen LogP contribution in [0.1, 0.15) is 70.8 Å². The first-order chi connectivity index (χ1) is 12.3. The van der Waals surface area contributed by atoms with Crippen LogP contribution in [0.2, 0.25) is 0 Å². The van der Waals surface area contributed by atoms with Gasteiger partial charge in [-0.3, -0.25) is 9.59 Å². The molecule has 0 atom stereocenters. The van der Waals surface area contributed by atoms with Gasteiger partial charge in [0.05, 0.1) is 5.57 Å². The lowest BCUT2D eigenvalue weighted by atomic mass is 9.78. The van der Waals surface area contributed by atoms with E-state index in [-0.39, 0.29) is 22.9 Å². The minimum atomic E-state index is 0.0138. The third kappa shape index (κ3) is 4.44. The number of Topliss-reactive ketones (excluding diaryl/α,β-unsaturated/α-hetero) is 2. The molecule has 1 aromatic rings. The molecule has 140 valence electrons. The summed E-state index contributed by atoms with van der Waals surface area (Å²) in [4.78, 5) is 27.8. The van der Waals surface area contributed by atoms with Gasteiger partial charge in [0.15, 0.2) is 11.6 Å². The smallest absolute Gasteiger partial charge is 0.166 e. The molecule has 0 N–H and O–H groups in total. The van der Waals surface area contributed by atoms with Crippen molar-refractivity contribution in [2.75, 3.05) is 18.0 Å². The van der Waals surface area contributed by atoms with Crippen LogP contribution in [0, 0.1) is 5.41 Å². The van der Waals surface area contributed by atoms with Crippen LogP contribution in [0.25, 0.3) is 0 Å². The summed E-state index contributed by atoms with van der Waals surface area (Å²) in [6.45, 7) is 8.52. The molecule has 1 saturated heterocycles. The van der Waals surface area contributed by atoms with E-state index in [1.54, 1.807) is 0 Å². The summed E-state index contributed by atoms with van der Waals surface area (Å²) in [6.07, 6.45) is 7.26. The highest BCUT2D eigenvalue weighted by Crippen LogP contribution is 2.38. The highest BCUT2D eigenvalue weighted by atomic mass is 16.1. The Morgan fingerprint density at radius 2 is 1.62 bits per heavy atom. The lowest BCUT2D eigenvalue weighted by Crippen LogP contribution is -2.32. The molecule has 3 heteroatoms. The SMILES string of the molecule is CC(C)(C)CC=C1C(=O)CC(c2ccccc2N2CCCCC2)CC1=O. The zero-order valence-corrected chi connectivity index (χ0v) is 16.4. The molecule has 0 spiro atoms. The first-order valence-corrected chi connectivity index (χ1v) is 9.95. The van der Waals surface area contributed by atoms with Crippen LogP contribution in [0.15, 0.2) is 35.9 Å². The van der Waals surface area contributed by atoms with Crippen LogP contribution >= 0.6 is 0 Å². The quantitative estimate of drug-likeness (QED) is 0.563. The molecule has 1 aromatic carbocycles. The maximum atomic E-state index is 12.7. The molecule has 0 radical (unpaired) electrons. The second kappa shape index (κ2) is 7.77. The van der Waals surface area contributed by atoms with Crippen molar-refractivity contribution in [2.24, 2.45) is 5.41 Å². The molecule has 26 heavy (non-hydrogen) atoms. The number of benzene rings is 1. The molecule has 0 aromatic heterocycles. The summed E-state index contributed by atoms with van der Waals surface area (Å²) < 4.78 is 0. The van der Waals surface area contributed by atoms with Crippen LogP contribution < -0.4 is 4.90 Å². The molecule has 0 unspecified atom stereocenters. The molecule has 1 heterocycles. The van der Waals surface area contributed by atoms with Crippen LogP contribution in [-0.2, 0) is 9.59 Å². The van der Waals surface area contributed by atoms with Crippen molar-refractivity contribution in [3.8, 4) is 0 Å². The Morgan fingerprint density at radius 1 is 1.00 bits per heavy atom. The fourth-order valence-corrected chi connectivity index (χ4v) is 4.01. The van der Waals surface area contributed by atoms with Gasteiger partial charge >= 0.3 is 0 Å². The second-order valence-electron chi connectivity index (χ2n) is 8.94. The van der Waals surface area contributed by atoms with Crippen molar-refractivity contribution in [2.45, 2.75) is 65.2 Å². The summed E-state index contributed by atoms with van der Waals surface area (Å²) in [7, 11) is 0. The first-order valence-electron chi connectivity index (χ1n) is 9.95. The molecule has 3 rings (SSSR count). The predicted octanol–water partition coefficient (Wildman–Crippen LogP) is 5.06. The van der Waals surface area contributed by atoms with E-state index in [0.717, 1.165) is 19.5 Å². The van der Waals surface area contributed by atoms with Gasteiger partial charge in [-0.15, -0.1) is 0 Å². The van der Waals surface area contributed by atoms with E-state index in [1.807, 2.05) is 12.1 Å². The molecule has 3 nitrogen and oxygen atoms in total. The highest BCUT2D eigenvalue weighted by molar-refractivity contribution is 6.22. The van der Waals surface area contributed by atoms with Gasteiger partial charge in [-0.2, -0.15) is 0 Å². The predicted molar refractivity (Wildman–Crippen MR) is 107 cm³/mol. The van der Waals surface area contributed by atoms with Crippen molar-refractivity contribution < 1.29 is 9.59 Å². The topological polar surface area (TPSA) is 37.4 Å². The van der Waals surface area contributed by atoms with E-state index in [4.69, 9.17) is 0 Å². The van der Waals surface area contributed by atoms with Crippen LogP contribution in [0.5, 0.6) is 0 Å². The number of hydrogen-bond acceptors (Lipinski definition) is 3. The van der Waals surface area contributed by atoms with Crippen molar-refractivity contribution in [1.29, 1.82) is 0 Å². The lowest BCUT2D eigenvalue weighted by molar-refractivity contribution is -0.124. The molecule has 1 aliphatic carbocycles.